The fourth-order valence-corrected chi connectivity index (χ4v) is 4.70. The van der Waals surface area contributed by atoms with E-state index in [1.807, 2.05) is 4.90 Å². The van der Waals surface area contributed by atoms with Gasteiger partial charge in [0.15, 0.2) is 5.69 Å². The van der Waals surface area contributed by atoms with Crippen LogP contribution in [0, 0.1) is 5.82 Å². The summed E-state index contributed by atoms with van der Waals surface area (Å²) in [5.41, 5.74) is 7.94. The van der Waals surface area contributed by atoms with Crippen molar-refractivity contribution in [2.75, 3.05) is 36.5 Å². The number of halogens is 1. The normalized spacial score (nSPS) is 13.7. The highest BCUT2D eigenvalue weighted by atomic mass is 32.1. The third kappa shape index (κ3) is 5.36. The van der Waals surface area contributed by atoms with E-state index >= 15 is 0 Å². The van der Waals surface area contributed by atoms with Crippen LogP contribution < -0.4 is 16.0 Å². The van der Waals surface area contributed by atoms with Crippen molar-refractivity contribution < 1.29 is 23.8 Å². The van der Waals surface area contributed by atoms with Gasteiger partial charge in [0.25, 0.3) is 5.91 Å². The van der Waals surface area contributed by atoms with Crippen LogP contribution in [-0.4, -0.2) is 48.3 Å². The molecule has 1 aliphatic heterocycles. The minimum atomic E-state index is -0.997. The number of thiazole rings is 1. The third-order valence-electron chi connectivity index (χ3n) is 5.17. The number of nitrogens with one attached hydrogen (secondary N) is 1. The van der Waals surface area contributed by atoms with Gasteiger partial charge in [-0.1, -0.05) is 29.5 Å². The third-order valence-corrected chi connectivity index (χ3v) is 6.34. The fourth-order valence-electron chi connectivity index (χ4n) is 3.60. The van der Waals surface area contributed by atoms with Gasteiger partial charge in [-0.2, -0.15) is 0 Å². The number of benzene rings is 2. The van der Waals surface area contributed by atoms with E-state index in [9.17, 15) is 14.0 Å². The first kappa shape index (κ1) is 22.8. The number of hydrogen-bond acceptors (Lipinski definition) is 7. The van der Waals surface area contributed by atoms with Gasteiger partial charge >= 0.3 is 5.97 Å². The lowest BCUT2D eigenvalue weighted by Crippen LogP contribution is -2.36. The highest BCUT2D eigenvalue weighted by Crippen LogP contribution is 2.36. The number of carboxylic acid groups (broad SMARTS) is 1. The van der Waals surface area contributed by atoms with Crippen molar-refractivity contribution in [1.29, 1.82) is 0 Å². The number of nitrogens with two attached hydrogens (primary N) is 1. The molecule has 1 saturated heterocycles. The number of nitrogens with zero attached hydrogens (tertiary/aromatic N) is 2. The van der Waals surface area contributed by atoms with Gasteiger partial charge in [-0.05, 0) is 35.4 Å². The van der Waals surface area contributed by atoms with E-state index in [4.69, 9.17) is 15.6 Å². The Morgan fingerprint density at radius 1 is 1.21 bits per heavy atom. The minimum Gasteiger partial charge on any atom is -0.481 e. The number of aliphatic carboxylic acids is 1. The molecule has 3 aromatic rings. The summed E-state index contributed by atoms with van der Waals surface area (Å²) < 4.78 is 19.6. The zero-order valence-corrected chi connectivity index (χ0v) is 18.5. The molecule has 0 bridgehead atoms. The predicted octanol–water partition coefficient (Wildman–Crippen LogP) is 3.12. The average molecular weight is 471 g/mol. The highest BCUT2D eigenvalue weighted by molar-refractivity contribution is 7.19. The topological polar surface area (TPSA) is 118 Å². The lowest BCUT2D eigenvalue weighted by Gasteiger charge is -2.27. The Bertz CT molecular complexity index is 1180. The van der Waals surface area contributed by atoms with Crippen molar-refractivity contribution in [1.82, 2.24) is 4.98 Å². The second-order valence-electron chi connectivity index (χ2n) is 7.51. The molecule has 8 nitrogen and oxygen atoms in total. The molecule has 0 unspecified atom stereocenters. The maximum absolute atomic E-state index is 14.1. The molecule has 4 N–H and O–H groups in total. The molecule has 4 rings (SSSR count). The molecular weight excluding hydrogens is 447 g/mol. The van der Waals surface area contributed by atoms with Crippen LogP contribution in [-0.2, 0) is 22.5 Å². The van der Waals surface area contributed by atoms with Crippen molar-refractivity contribution >= 4 is 33.9 Å². The number of carboxylic acids is 1. The summed E-state index contributed by atoms with van der Waals surface area (Å²) in [7, 11) is 0. The molecule has 0 saturated carbocycles. The summed E-state index contributed by atoms with van der Waals surface area (Å²) in [5, 5.41) is 13.1. The van der Waals surface area contributed by atoms with E-state index in [1.54, 1.807) is 30.3 Å². The molecule has 172 valence electrons. The molecule has 2 heterocycles. The largest absolute Gasteiger partial charge is 0.481 e. The Kier molecular flexibility index (Phi) is 6.97. The van der Waals surface area contributed by atoms with Crippen LogP contribution in [0.1, 0.15) is 21.6 Å². The SMILES string of the molecule is NCc1cc(F)cc(-c2nc(C(=O)Nc3ccccc3CC(=O)O)c(N3CCOCC3)s2)c1. The second kappa shape index (κ2) is 10.1. The van der Waals surface area contributed by atoms with E-state index in [0.29, 0.717) is 58.7 Å². The number of anilines is 2. The van der Waals surface area contributed by atoms with Crippen LogP contribution in [0.25, 0.3) is 10.6 Å². The number of ether oxygens (including phenoxy) is 1. The van der Waals surface area contributed by atoms with Gasteiger partial charge in [-0.25, -0.2) is 9.37 Å². The zero-order valence-electron chi connectivity index (χ0n) is 17.7. The van der Waals surface area contributed by atoms with Crippen molar-refractivity contribution in [2.24, 2.45) is 5.73 Å². The van der Waals surface area contributed by atoms with E-state index in [0.717, 1.165) is 0 Å². The van der Waals surface area contributed by atoms with Gasteiger partial charge < -0.3 is 25.8 Å². The van der Waals surface area contributed by atoms with Gasteiger partial charge in [0.1, 0.15) is 15.8 Å². The number of hydrogen-bond donors (Lipinski definition) is 3. The summed E-state index contributed by atoms with van der Waals surface area (Å²) in [6.45, 7) is 2.41. The quantitative estimate of drug-likeness (QED) is 0.486. The number of para-hydroxylation sites is 1. The molecule has 10 heteroatoms. The monoisotopic (exact) mass is 470 g/mol. The summed E-state index contributed by atoms with van der Waals surface area (Å²) in [5.74, 6) is -1.89. The Labute approximate surface area is 193 Å². The number of rotatable bonds is 7. The van der Waals surface area contributed by atoms with Gasteiger partial charge in [-0.15, -0.1) is 0 Å². The first-order valence-corrected chi connectivity index (χ1v) is 11.2. The van der Waals surface area contributed by atoms with Crippen LogP contribution in [0.3, 0.4) is 0 Å². The Balaban J connectivity index is 1.71. The van der Waals surface area contributed by atoms with E-state index in [2.05, 4.69) is 10.3 Å². The molecule has 1 aliphatic rings. The molecule has 0 spiro atoms. The average Bonchev–Trinajstić information content (AvgIpc) is 3.26. The molecule has 0 radical (unpaired) electrons. The van der Waals surface area contributed by atoms with Crippen molar-refractivity contribution in [3.63, 3.8) is 0 Å². The van der Waals surface area contributed by atoms with Gasteiger partial charge in [0, 0.05) is 30.9 Å². The Morgan fingerprint density at radius 2 is 1.97 bits per heavy atom. The van der Waals surface area contributed by atoms with Crippen molar-refractivity contribution in [2.45, 2.75) is 13.0 Å². The van der Waals surface area contributed by atoms with Gasteiger partial charge in [-0.3, -0.25) is 9.59 Å². The molecule has 1 fully saturated rings. The van der Waals surface area contributed by atoms with Gasteiger partial charge in [0.2, 0.25) is 0 Å². The van der Waals surface area contributed by atoms with Crippen LogP contribution in [0.15, 0.2) is 42.5 Å². The summed E-state index contributed by atoms with van der Waals surface area (Å²) in [4.78, 5) is 31.1. The van der Waals surface area contributed by atoms with Crippen molar-refractivity contribution in [3.8, 4) is 10.6 Å². The smallest absolute Gasteiger partial charge is 0.307 e. The number of carbonyl (C=O) groups is 2. The second-order valence-corrected chi connectivity index (χ2v) is 8.48. The highest BCUT2D eigenvalue weighted by Gasteiger charge is 2.26. The summed E-state index contributed by atoms with van der Waals surface area (Å²) in [6, 6.07) is 11.2. The molecule has 0 atom stereocenters. The van der Waals surface area contributed by atoms with E-state index in [-0.39, 0.29) is 18.7 Å². The zero-order chi connectivity index (χ0) is 23.4. The standard InChI is InChI=1S/C23H23FN4O4S/c24-17-10-14(13-25)9-16(11-17)22-27-20(23(33-22)28-5-7-32-8-6-28)21(31)26-18-4-2-1-3-15(18)12-19(29)30/h1-4,9-11H,5-8,12-13,25H2,(H,26,31)(H,29,30). The fraction of sp³-hybridized carbons (Fsp3) is 0.261. The van der Waals surface area contributed by atoms with Gasteiger partial charge in [0.05, 0.1) is 19.6 Å². The lowest BCUT2D eigenvalue weighted by atomic mass is 10.1. The minimum absolute atomic E-state index is 0.181. The van der Waals surface area contributed by atoms with Crippen LogP contribution in [0.4, 0.5) is 15.1 Å². The maximum atomic E-state index is 14.1. The summed E-state index contributed by atoms with van der Waals surface area (Å²) >= 11 is 1.30. The summed E-state index contributed by atoms with van der Waals surface area (Å²) in [6.07, 6.45) is -0.222. The van der Waals surface area contributed by atoms with E-state index in [1.165, 1.54) is 23.5 Å². The molecule has 1 amide bonds. The molecule has 2 aromatic carbocycles. The predicted molar refractivity (Wildman–Crippen MR) is 124 cm³/mol. The number of amides is 1. The first-order chi connectivity index (χ1) is 15.9. The molecule has 1 aromatic heterocycles. The molecule has 0 aliphatic carbocycles. The number of aromatic nitrogens is 1. The van der Waals surface area contributed by atoms with E-state index < -0.39 is 17.7 Å². The van der Waals surface area contributed by atoms with Crippen LogP contribution in [0.5, 0.6) is 0 Å². The molecular formula is C23H23FN4O4S. The maximum Gasteiger partial charge on any atom is 0.307 e. The molecule has 33 heavy (non-hydrogen) atoms. The number of morpholine rings is 1. The van der Waals surface area contributed by atoms with Crippen molar-refractivity contribution in [3.05, 3.63) is 65.1 Å². The lowest BCUT2D eigenvalue weighted by molar-refractivity contribution is -0.136. The van der Waals surface area contributed by atoms with Crippen LogP contribution in [0.2, 0.25) is 0 Å². The Hall–Kier alpha value is -3.34. The Morgan fingerprint density at radius 3 is 2.70 bits per heavy atom. The number of carbonyl (C=O) groups excluding carboxylic acids is 1. The first-order valence-electron chi connectivity index (χ1n) is 10.4. The van der Waals surface area contributed by atoms with Crippen LogP contribution >= 0.6 is 11.3 Å².